The van der Waals surface area contributed by atoms with Gasteiger partial charge in [-0.2, -0.15) is 0 Å². The molecule has 13 heavy (non-hydrogen) atoms. The van der Waals surface area contributed by atoms with Crippen molar-refractivity contribution in [3.63, 3.8) is 0 Å². The van der Waals surface area contributed by atoms with E-state index in [4.69, 9.17) is 0 Å². The molecule has 0 saturated carbocycles. The first-order valence-corrected chi connectivity index (χ1v) is 7.81. The lowest BCUT2D eigenvalue weighted by Gasteiger charge is -2.01. The second-order valence-corrected chi connectivity index (χ2v) is 6.65. The van der Waals surface area contributed by atoms with Crippen LogP contribution in [0.5, 0.6) is 0 Å². The molecule has 0 aliphatic carbocycles. The van der Waals surface area contributed by atoms with E-state index in [1.807, 2.05) is 0 Å². The third-order valence-electron chi connectivity index (χ3n) is 2.90. The second kappa shape index (κ2) is 7.73. The second-order valence-electron chi connectivity index (χ2n) is 4.20. The smallest absolute Gasteiger partial charge is 0.0654 e. The summed E-state index contributed by atoms with van der Waals surface area (Å²) in [6, 6.07) is 0. The minimum atomic E-state index is 0.865. The van der Waals surface area contributed by atoms with Crippen LogP contribution in [0, 0.1) is 0 Å². The fourth-order valence-electron chi connectivity index (χ4n) is 2.01. The number of hydrogen-bond donors (Lipinski definition) is 0. The van der Waals surface area contributed by atoms with Crippen molar-refractivity contribution in [3.8, 4) is 0 Å². The zero-order valence-corrected chi connectivity index (χ0v) is 10.0. The third kappa shape index (κ3) is 5.61. The SMILES string of the molecule is CCCCCCCC[S+]1CCCC1. The maximum Gasteiger partial charge on any atom is 0.108 e. The molecule has 0 radical (unpaired) electrons. The molecule has 0 nitrogen and oxygen atoms in total. The van der Waals surface area contributed by atoms with Crippen LogP contribution in [0.1, 0.15) is 58.3 Å². The summed E-state index contributed by atoms with van der Waals surface area (Å²) < 4.78 is 0. The lowest BCUT2D eigenvalue weighted by Crippen LogP contribution is -2.08. The standard InChI is InChI=1S/C12H25S/c1-2-3-4-5-6-7-10-13-11-8-9-12-13/h2-12H2,1H3/q+1. The molecule has 1 heteroatoms. The Bertz CT molecular complexity index is 106. The first-order chi connectivity index (χ1) is 6.43. The van der Waals surface area contributed by atoms with Crippen molar-refractivity contribution in [2.45, 2.75) is 58.3 Å². The summed E-state index contributed by atoms with van der Waals surface area (Å²) in [4.78, 5) is 0. The molecule has 0 atom stereocenters. The highest BCUT2D eigenvalue weighted by atomic mass is 32.2. The lowest BCUT2D eigenvalue weighted by molar-refractivity contribution is 0.626. The highest BCUT2D eigenvalue weighted by Gasteiger charge is 2.22. The van der Waals surface area contributed by atoms with Crippen LogP contribution in [0.4, 0.5) is 0 Å². The molecule has 1 aliphatic heterocycles. The van der Waals surface area contributed by atoms with Gasteiger partial charge in [0.05, 0.1) is 0 Å². The van der Waals surface area contributed by atoms with Crippen LogP contribution in [-0.4, -0.2) is 17.3 Å². The minimum absolute atomic E-state index is 0.865. The van der Waals surface area contributed by atoms with Crippen LogP contribution in [0.15, 0.2) is 0 Å². The average Bonchev–Trinajstić information content (AvgIpc) is 2.63. The lowest BCUT2D eigenvalue weighted by atomic mass is 10.1. The highest BCUT2D eigenvalue weighted by molar-refractivity contribution is 7.97. The summed E-state index contributed by atoms with van der Waals surface area (Å²) in [6.07, 6.45) is 11.9. The number of unbranched alkanes of at least 4 members (excludes halogenated alkanes) is 5. The van der Waals surface area contributed by atoms with E-state index in [1.54, 1.807) is 17.3 Å². The molecule has 0 amide bonds. The summed E-state index contributed by atoms with van der Waals surface area (Å²) in [6.45, 7) is 2.29. The molecule has 1 rings (SSSR count). The molecule has 78 valence electrons. The van der Waals surface area contributed by atoms with Crippen molar-refractivity contribution >= 4 is 10.9 Å². The zero-order chi connectivity index (χ0) is 9.36. The Balaban J connectivity index is 1.78. The maximum absolute atomic E-state index is 2.29. The van der Waals surface area contributed by atoms with Gasteiger partial charge < -0.3 is 0 Å². The van der Waals surface area contributed by atoms with Gasteiger partial charge in [0.15, 0.2) is 0 Å². The summed E-state index contributed by atoms with van der Waals surface area (Å²) in [5.74, 6) is 4.69. The van der Waals surface area contributed by atoms with Crippen molar-refractivity contribution in [3.05, 3.63) is 0 Å². The molecule has 0 aromatic heterocycles. The Hall–Kier alpha value is 0.350. The minimum Gasteiger partial charge on any atom is -0.0654 e. The monoisotopic (exact) mass is 201 g/mol. The Labute approximate surface area is 86.8 Å². The van der Waals surface area contributed by atoms with Crippen LogP contribution < -0.4 is 0 Å². The molecule has 1 fully saturated rings. The molecular formula is C12H25S+. The molecular weight excluding hydrogens is 176 g/mol. The van der Waals surface area contributed by atoms with Gasteiger partial charge in [0.1, 0.15) is 17.3 Å². The predicted molar refractivity (Wildman–Crippen MR) is 64.6 cm³/mol. The van der Waals surface area contributed by atoms with E-state index in [1.165, 1.54) is 51.4 Å². The van der Waals surface area contributed by atoms with Crippen LogP contribution in [0.25, 0.3) is 0 Å². The molecule has 1 heterocycles. The van der Waals surface area contributed by atoms with E-state index >= 15 is 0 Å². The largest absolute Gasteiger partial charge is 0.108 e. The van der Waals surface area contributed by atoms with Crippen molar-refractivity contribution in [2.75, 3.05) is 17.3 Å². The Kier molecular flexibility index (Phi) is 6.79. The third-order valence-corrected chi connectivity index (χ3v) is 5.50. The molecule has 1 aliphatic rings. The number of rotatable bonds is 7. The van der Waals surface area contributed by atoms with Gasteiger partial charge in [0.25, 0.3) is 0 Å². The van der Waals surface area contributed by atoms with Crippen molar-refractivity contribution in [2.24, 2.45) is 0 Å². The summed E-state index contributed by atoms with van der Waals surface area (Å²) >= 11 is 0. The van der Waals surface area contributed by atoms with Crippen LogP contribution in [0.2, 0.25) is 0 Å². The van der Waals surface area contributed by atoms with Crippen molar-refractivity contribution in [1.82, 2.24) is 0 Å². The van der Waals surface area contributed by atoms with E-state index < -0.39 is 0 Å². The van der Waals surface area contributed by atoms with E-state index in [0.717, 1.165) is 10.9 Å². The van der Waals surface area contributed by atoms with Gasteiger partial charge in [-0.15, -0.1) is 0 Å². The Morgan fingerprint density at radius 2 is 1.46 bits per heavy atom. The normalized spacial score (nSPS) is 18.2. The van der Waals surface area contributed by atoms with Crippen LogP contribution in [-0.2, 0) is 10.9 Å². The van der Waals surface area contributed by atoms with E-state index in [9.17, 15) is 0 Å². The Morgan fingerprint density at radius 1 is 0.846 bits per heavy atom. The Morgan fingerprint density at radius 3 is 2.15 bits per heavy atom. The van der Waals surface area contributed by atoms with Crippen molar-refractivity contribution < 1.29 is 0 Å². The highest BCUT2D eigenvalue weighted by Crippen LogP contribution is 2.16. The van der Waals surface area contributed by atoms with Crippen LogP contribution in [0.3, 0.4) is 0 Å². The number of hydrogen-bond acceptors (Lipinski definition) is 0. The van der Waals surface area contributed by atoms with Gasteiger partial charge >= 0.3 is 0 Å². The van der Waals surface area contributed by atoms with E-state index in [0.29, 0.717) is 0 Å². The first-order valence-electron chi connectivity index (χ1n) is 6.07. The molecule has 0 aromatic carbocycles. The van der Waals surface area contributed by atoms with E-state index in [-0.39, 0.29) is 0 Å². The van der Waals surface area contributed by atoms with E-state index in [2.05, 4.69) is 6.92 Å². The zero-order valence-electron chi connectivity index (χ0n) is 9.19. The summed E-state index contributed by atoms with van der Waals surface area (Å²) in [5, 5.41) is 0. The van der Waals surface area contributed by atoms with Gasteiger partial charge in [-0.25, -0.2) is 0 Å². The van der Waals surface area contributed by atoms with Crippen molar-refractivity contribution in [1.29, 1.82) is 0 Å². The van der Waals surface area contributed by atoms with Gasteiger partial charge in [-0.1, -0.05) is 32.6 Å². The molecule has 0 bridgehead atoms. The van der Waals surface area contributed by atoms with Gasteiger partial charge in [0.2, 0.25) is 0 Å². The molecule has 0 spiro atoms. The van der Waals surface area contributed by atoms with Crippen LogP contribution >= 0.6 is 0 Å². The fourth-order valence-corrected chi connectivity index (χ4v) is 4.45. The van der Waals surface area contributed by atoms with Gasteiger partial charge in [-0.3, -0.25) is 0 Å². The van der Waals surface area contributed by atoms with Gasteiger partial charge in [-0.05, 0) is 36.6 Å². The fraction of sp³-hybridized carbons (Fsp3) is 1.00. The molecule has 0 unspecified atom stereocenters. The average molecular weight is 201 g/mol. The topological polar surface area (TPSA) is 0 Å². The van der Waals surface area contributed by atoms with Gasteiger partial charge in [0, 0.05) is 0 Å². The molecule has 0 N–H and O–H groups in total. The summed E-state index contributed by atoms with van der Waals surface area (Å²) in [7, 11) is 0.865. The summed E-state index contributed by atoms with van der Waals surface area (Å²) in [5.41, 5.74) is 0. The maximum atomic E-state index is 2.29. The first kappa shape index (κ1) is 11.4. The molecule has 0 aromatic rings. The molecule has 1 saturated heterocycles. The quantitative estimate of drug-likeness (QED) is 0.434. The predicted octanol–water partition coefficient (Wildman–Crippen LogP) is 3.76.